The van der Waals surface area contributed by atoms with Crippen LogP contribution in [0.2, 0.25) is 0 Å². The maximum Gasteiger partial charge on any atom is 0.0869 e. The van der Waals surface area contributed by atoms with Gasteiger partial charge in [-0.3, -0.25) is 0 Å². The first kappa shape index (κ1) is 8.15. The Labute approximate surface area is 55.4 Å². The van der Waals surface area contributed by atoms with Gasteiger partial charge in [0.2, 0.25) is 0 Å². The average molecular weight is 126 g/mol. The summed E-state index contributed by atoms with van der Waals surface area (Å²) in [5.41, 5.74) is 0.913. The molecule has 0 bridgehead atoms. The van der Waals surface area contributed by atoms with Gasteiger partial charge in [-0.05, 0) is 25.5 Å². The Morgan fingerprint density at radius 3 is 2.56 bits per heavy atom. The minimum atomic E-state index is 0.537. The van der Waals surface area contributed by atoms with Gasteiger partial charge in [-0.1, -0.05) is 18.2 Å². The quantitative estimate of drug-likeness (QED) is 0.499. The highest BCUT2D eigenvalue weighted by molar-refractivity contribution is 5.19. The van der Waals surface area contributed by atoms with E-state index in [9.17, 15) is 4.39 Å². The summed E-state index contributed by atoms with van der Waals surface area (Å²) in [4.78, 5) is 0. The van der Waals surface area contributed by atoms with E-state index in [-0.39, 0.29) is 0 Å². The van der Waals surface area contributed by atoms with Crippen LogP contribution in [-0.2, 0) is 0 Å². The number of hydrogen-bond acceptors (Lipinski definition) is 0. The van der Waals surface area contributed by atoms with Crippen LogP contribution in [0.1, 0.15) is 13.8 Å². The Kier molecular flexibility index (Phi) is 4.79. The molecule has 0 saturated heterocycles. The van der Waals surface area contributed by atoms with E-state index < -0.39 is 0 Å². The van der Waals surface area contributed by atoms with Crippen molar-refractivity contribution in [2.24, 2.45) is 0 Å². The van der Waals surface area contributed by atoms with Crippen LogP contribution in [0, 0.1) is 0 Å². The molecule has 0 aromatic rings. The fourth-order valence-corrected chi connectivity index (χ4v) is 0.403. The van der Waals surface area contributed by atoms with Crippen LogP contribution in [0.5, 0.6) is 0 Å². The zero-order valence-corrected chi connectivity index (χ0v) is 5.76. The topological polar surface area (TPSA) is 0 Å². The van der Waals surface area contributed by atoms with E-state index in [0.29, 0.717) is 6.33 Å². The van der Waals surface area contributed by atoms with Crippen LogP contribution >= 0.6 is 0 Å². The Hall–Kier alpha value is -0.850. The molecule has 0 fully saturated rings. The summed E-state index contributed by atoms with van der Waals surface area (Å²) < 4.78 is 11.4. The van der Waals surface area contributed by atoms with E-state index in [2.05, 4.69) is 0 Å². The second-order valence-corrected chi connectivity index (χ2v) is 1.73. The molecule has 0 heterocycles. The standard InChI is InChI=1S/C8H11F/c1-3-4-5-8(2)6-7-9/h3-7H,1-2H3/b4-3+,7-6-,8-5-. The first-order valence-corrected chi connectivity index (χ1v) is 2.87. The predicted molar refractivity (Wildman–Crippen MR) is 38.8 cm³/mol. The van der Waals surface area contributed by atoms with Gasteiger partial charge in [0.05, 0.1) is 6.33 Å². The summed E-state index contributed by atoms with van der Waals surface area (Å²) in [5, 5.41) is 0. The summed E-state index contributed by atoms with van der Waals surface area (Å²) in [5.74, 6) is 0. The lowest BCUT2D eigenvalue weighted by Gasteiger charge is -1.82. The van der Waals surface area contributed by atoms with Gasteiger partial charge >= 0.3 is 0 Å². The summed E-state index contributed by atoms with van der Waals surface area (Å²) in [7, 11) is 0. The lowest BCUT2D eigenvalue weighted by Crippen LogP contribution is -1.62. The van der Waals surface area contributed by atoms with Crippen LogP contribution in [0.3, 0.4) is 0 Å². The van der Waals surface area contributed by atoms with Gasteiger partial charge in [0, 0.05) is 0 Å². The Morgan fingerprint density at radius 2 is 2.11 bits per heavy atom. The number of rotatable bonds is 2. The molecule has 0 aliphatic carbocycles. The fourth-order valence-electron chi connectivity index (χ4n) is 0.403. The van der Waals surface area contributed by atoms with Crippen LogP contribution in [0.4, 0.5) is 4.39 Å². The molecule has 0 saturated carbocycles. The Bertz CT molecular complexity index is 141. The first-order valence-electron chi connectivity index (χ1n) is 2.87. The molecular weight excluding hydrogens is 115 g/mol. The minimum absolute atomic E-state index is 0.537. The summed E-state index contributed by atoms with van der Waals surface area (Å²) in [6.45, 7) is 3.76. The molecule has 1 heteroatoms. The summed E-state index contributed by atoms with van der Waals surface area (Å²) in [6.07, 6.45) is 7.57. The van der Waals surface area contributed by atoms with Crippen LogP contribution < -0.4 is 0 Å². The molecule has 0 aliphatic rings. The Morgan fingerprint density at radius 1 is 1.44 bits per heavy atom. The van der Waals surface area contributed by atoms with Crippen molar-refractivity contribution in [1.29, 1.82) is 0 Å². The summed E-state index contributed by atoms with van der Waals surface area (Å²) in [6, 6.07) is 0. The third kappa shape index (κ3) is 5.01. The summed E-state index contributed by atoms with van der Waals surface area (Å²) >= 11 is 0. The van der Waals surface area contributed by atoms with Crippen molar-refractivity contribution in [1.82, 2.24) is 0 Å². The fraction of sp³-hybridized carbons (Fsp3) is 0.250. The molecule has 0 radical (unpaired) electrons. The van der Waals surface area contributed by atoms with Crippen molar-refractivity contribution in [2.45, 2.75) is 13.8 Å². The molecule has 50 valence electrons. The van der Waals surface area contributed by atoms with Crippen LogP contribution in [-0.4, -0.2) is 0 Å². The molecule has 9 heavy (non-hydrogen) atoms. The highest BCUT2D eigenvalue weighted by Crippen LogP contribution is 1.94. The van der Waals surface area contributed by atoms with E-state index in [1.807, 2.05) is 32.1 Å². The van der Waals surface area contributed by atoms with Gasteiger partial charge in [0.15, 0.2) is 0 Å². The van der Waals surface area contributed by atoms with Crippen molar-refractivity contribution in [3.63, 3.8) is 0 Å². The molecule has 0 atom stereocenters. The lowest BCUT2D eigenvalue weighted by atomic mass is 10.3. The molecule has 0 N–H and O–H groups in total. The van der Waals surface area contributed by atoms with Gasteiger partial charge in [-0.25, -0.2) is 4.39 Å². The molecule has 0 amide bonds. The molecule has 0 aromatic heterocycles. The van der Waals surface area contributed by atoms with E-state index in [4.69, 9.17) is 0 Å². The smallest absolute Gasteiger partial charge is 0.0869 e. The largest absolute Gasteiger partial charge is 0.216 e. The van der Waals surface area contributed by atoms with E-state index in [1.54, 1.807) is 0 Å². The maximum absolute atomic E-state index is 11.4. The first-order chi connectivity index (χ1) is 4.31. The highest BCUT2D eigenvalue weighted by Gasteiger charge is 1.74. The van der Waals surface area contributed by atoms with Crippen molar-refractivity contribution in [2.75, 3.05) is 0 Å². The second kappa shape index (κ2) is 5.29. The van der Waals surface area contributed by atoms with E-state index in [1.165, 1.54) is 6.08 Å². The van der Waals surface area contributed by atoms with Crippen molar-refractivity contribution < 1.29 is 4.39 Å². The van der Waals surface area contributed by atoms with Gasteiger partial charge in [-0.2, -0.15) is 0 Å². The number of allylic oxidation sites excluding steroid dienone is 5. The van der Waals surface area contributed by atoms with Crippen molar-refractivity contribution in [3.8, 4) is 0 Å². The molecule has 0 unspecified atom stereocenters. The van der Waals surface area contributed by atoms with Crippen molar-refractivity contribution >= 4 is 0 Å². The average Bonchev–Trinajstić information content (AvgIpc) is 1.85. The van der Waals surface area contributed by atoms with Crippen LogP contribution in [0.15, 0.2) is 36.2 Å². The highest BCUT2D eigenvalue weighted by atomic mass is 19.1. The van der Waals surface area contributed by atoms with E-state index >= 15 is 0 Å². The molecule has 0 aliphatic heterocycles. The minimum Gasteiger partial charge on any atom is -0.216 e. The lowest BCUT2D eigenvalue weighted by molar-refractivity contribution is 0.720. The third-order valence-corrected chi connectivity index (χ3v) is 0.877. The SMILES string of the molecule is C/C=C/C=C(C)\C=C/F. The molecule has 0 rings (SSSR count). The molecule has 0 aromatic carbocycles. The van der Waals surface area contributed by atoms with Gasteiger partial charge < -0.3 is 0 Å². The number of hydrogen-bond donors (Lipinski definition) is 0. The predicted octanol–water partition coefficient (Wildman–Crippen LogP) is 2.99. The third-order valence-electron chi connectivity index (χ3n) is 0.877. The van der Waals surface area contributed by atoms with Gasteiger partial charge in [0.25, 0.3) is 0 Å². The molecule has 0 nitrogen and oxygen atoms in total. The van der Waals surface area contributed by atoms with Crippen LogP contribution in [0.25, 0.3) is 0 Å². The second-order valence-electron chi connectivity index (χ2n) is 1.73. The monoisotopic (exact) mass is 126 g/mol. The zero-order chi connectivity index (χ0) is 7.11. The van der Waals surface area contributed by atoms with Crippen molar-refractivity contribution in [3.05, 3.63) is 36.2 Å². The molecular formula is C8H11F. The number of halogens is 1. The van der Waals surface area contributed by atoms with Gasteiger partial charge in [-0.15, -0.1) is 0 Å². The van der Waals surface area contributed by atoms with Gasteiger partial charge in [0.1, 0.15) is 0 Å². The van der Waals surface area contributed by atoms with E-state index in [0.717, 1.165) is 5.57 Å². The Balaban J connectivity index is 3.84. The normalized spacial score (nSPS) is 13.9. The molecule has 0 spiro atoms. The maximum atomic E-state index is 11.4. The zero-order valence-electron chi connectivity index (χ0n) is 5.76.